The third-order valence-corrected chi connectivity index (χ3v) is 5.42. The van der Waals surface area contributed by atoms with Crippen molar-refractivity contribution >= 4 is 27.1 Å². The molecule has 2 heterocycles. The Labute approximate surface area is 116 Å². The molecule has 2 rings (SSSR count). The van der Waals surface area contributed by atoms with Crippen molar-refractivity contribution in [3.63, 3.8) is 0 Å². The van der Waals surface area contributed by atoms with Crippen LogP contribution in [0.3, 0.4) is 0 Å². The molecule has 1 atom stereocenters. The molecule has 1 aromatic heterocycles. The van der Waals surface area contributed by atoms with Gasteiger partial charge in [0.25, 0.3) is 0 Å². The SMILES string of the molecule is Cc1nc(CNC(=O)CC2CS(=O)(=O)CCN2)cs1. The minimum Gasteiger partial charge on any atom is -0.350 e. The van der Waals surface area contributed by atoms with Gasteiger partial charge in [-0.1, -0.05) is 0 Å². The first-order valence-electron chi connectivity index (χ1n) is 6.06. The van der Waals surface area contributed by atoms with E-state index in [0.29, 0.717) is 13.1 Å². The molecule has 19 heavy (non-hydrogen) atoms. The van der Waals surface area contributed by atoms with Gasteiger partial charge in [-0.25, -0.2) is 13.4 Å². The van der Waals surface area contributed by atoms with Crippen molar-refractivity contribution in [3.05, 3.63) is 16.1 Å². The van der Waals surface area contributed by atoms with Crippen LogP contribution in [0.2, 0.25) is 0 Å². The third-order valence-electron chi connectivity index (χ3n) is 2.87. The first kappa shape index (κ1) is 14.4. The Morgan fingerprint density at radius 2 is 2.42 bits per heavy atom. The molecule has 1 aliphatic rings. The first-order chi connectivity index (χ1) is 8.94. The van der Waals surface area contributed by atoms with Crippen LogP contribution in [0.4, 0.5) is 0 Å². The molecule has 1 unspecified atom stereocenters. The zero-order valence-electron chi connectivity index (χ0n) is 10.7. The molecule has 0 saturated carbocycles. The Morgan fingerprint density at radius 3 is 3.05 bits per heavy atom. The Balaban J connectivity index is 1.78. The summed E-state index contributed by atoms with van der Waals surface area (Å²) < 4.78 is 22.9. The number of thiazole rings is 1. The average Bonchev–Trinajstić information content (AvgIpc) is 2.71. The summed E-state index contributed by atoms with van der Waals surface area (Å²) in [5, 5.41) is 8.68. The lowest BCUT2D eigenvalue weighted by Crippen LogP contribution is -2.47. The van der Waals surface area contributed by atoms with Gasteiger partial charge in [0.05, 0.1) is 28.8 Å². The van der Waals surface area contributed by atoms with E-state index >= 15 is 0 Å². The molecule has 1 fully saturated rings. The average molecular weight is 303 g/mol. The number of hydrogen-bond donors (Lipinski definition) is 2. The van der Waals surface area contributed by atoms with E-state index in [-0.39, 0.29) is 29.9 Å². The lowest BCUT2D eigenvalue weighted by atomic mass is 10.2. The highest BCUT2D eigenvalue weighted by Crippen LogP contribution is 2.08. The minimum atomic E-state index is -2.99. The van der Waals surface area contributed by atoms with Gasteiger partial charge < -0.3 is 10.6 Å². The fourth-order valence-corrected chi connectivity index (χ4v) is 4.03. The number of sulfone groups is 1. The number of hydrogen-bond acceptors (Lipinski definition) is 6. The van der Waals surface area contributed by atoms with Crippen LogP contribution < -0.4 is 10.6 Å². The molecular weight excluding hydrogens is 286 g/mol. The number of carbonyl (C=O) groups excluding carboxylic acids is 1. The van der Waals surface area contributed by atoms with Crippen molar-refractivity contribution in [2.24, 2.45) is 0 Å². The number of rotatable bonds is 4. The zero-order chi connectivity index (χ0) is 13.9. The number of nitrogens with zero attached hydrogens (tertiary/aromatic N) is 1. The number of aryl methyl sites for hydroxylation is 1. The van der Waals surface area contributed by atoms with Gasteiger partial charge in [0.1, 0.15) is 0 Å². The fraction of sp³-hybridized carbons (Fsp3) is 0.636. The van der Waals surface area contributed by atoms with E-state index in [1.807, 2.05) is 12.3 Å². The van der Waals surface area contributed by atoms with Crippen molar-refractivity contribution in [2.45, 2.75) is 25.9 Å². The molecule has 0 aliphatic carbocycles. The summed E-state index contributed by atoms with van der Waals surface area (Å²) in [6, 6.07) is -0.282. The van der Waals surface area contributed by atoms with Gasteiger partial charge in [-0.3, -0.25) is 4.79 Å². The van der Waals surface area contributed by atoms with E-state index in [1.165, 1.54) is 11.3 Å². The van der Waals surface area contributed by atoms with Crippen LogP contribution in [0.25, 0.3) is 0 Å². The highest BCUT2D eigenvalue weighted by atomic mass is 32.2. The Morgan fingerprint density at radius 1 is 1.63 bits per heavy atom. The van der Waals surface area contributed by atoms with Crippen molar-refractivity contribution in [3.8, 4) is 0 Å². The standard InChI is InChI=1S/C11H17N3O3S2/c1-8-14-10(6-18-8)5-13-11(15)4-9-7-19(16,17)3-2-12-9/h6,9,12H,2-5,7H2,1H3,(H,13,15). The van der Waals surface area contributed by atoms with Crippen LogP contribution >= 0.6 is 11.3 Å². The van der Waals surface area contributed by atoms with Crippen LogP contribution in [0.5, 0.6) is 0 Å². The molecule has 6 nitrogen and oxygen atoms in total. The van der Waals surface area contributed by atoms with Crippen LogP contribution in [-0.2, 0) is 21.2 Å². The molecule has 106 valence electrons. The number of nitrogens with one attached hydrogen (secondary N) is 2. The Bertz CT molecular complexity index is 553. The second-order valence-electron chi connectivity index (χ2n) is 4.60. The van der Waals surface area contributed by atoms with Gasteiger partial charge in [-0.05, 0) is 6.92 Å². The zero-order valence-corrected chi connectivity index (χ0v) is 12.3. The number of amides is 1. The van der Waals surface area contributed by atoms with Gasteiger partial charge in [0.15, 0.2) is 9.84 Å². The molecule has 2 N–H and O–H groups in total. The molecule has 0 radical (unpaired) electrons. The first-order valence-corrected chi connectivity index (χ1v) is 8.76. The molecule has 0 bridgehead atoms. The van der Waals surface area contributed by atoms with Crippen molar-refractivity contribution in [2.75, 3.05) is 18.1 Å². The normalized spacial score (nSPS) is 22.1. The van der Waals surface area contributed by atoms with E-state index in [2.05, 4.69) is 15.6 Å². The maximum Gasteiger partial charge on any atom is 0.221 e. The van der Waals surface area contributed by atoms with E-state index < -0.39 is 9.84 Å². The summed E-state index contributed by atoms with van der Waals surface area (Å²) in [6.07, 6.45) is 0.183. The molecule has 1 aliphatic heterocycles. The Hall–Kier alpha value is -0.990. The molecule has 1 aromatic rings. The Kier molecular flexibility index (Phi) is 4.54. The lowest BCUT2D eigenvalue weighted by Gasteiger charge is -2.22. The highest BCUT2D eigenvalue weighted by molar-refractivity contribution is 7.91. The molecule has 1 amide bonds. The van der Waals surface area contributed by atoms with Crippen LogP contribution in [-0.4, -0.2) is 43.4 Å². The molecule has 8 heteroatoms. The third kappa shape index (κ3) is 4.55. The number of aromatic nitrogens is 1. The monoisotopic (exact) mass is 303 g/mol. The van der Waals surface area contributed by atoms with E-state index in [4.69, 9.17) is 0 Å². The van der Waals surface area contributed by atoms with Gasteiger partial charge in [-0.2, -0.15) is 0 Å². The van der Waals surface area contributed by atoms with Crippen molar-refractivity contribution < 1.29 is 13.2 Å². The topological polar surface area (TPSA) is 88.2 Å². The lowest BCUT2D eigenvalue weighted by molar-refractivity contribution is -0.121. The quantitative estimate of drug-likeness (QED) is 0.807. The predicted molar refractivity (Wildman–Crippen MR) is 73.8 cm³/mol. The molecule has 1 saturated heterocycles. The van der Waals surface area contributed by atoms with Crippen molar-refractivity contribution in [1.82, 2.24) is 15.6 Å². The van der Waals surface area contributed by atoms with E-state index in [1.54, 1.807) is 0 Å². The number of carbonyl (C=O) groups is 1. The largest absolute Gasteiger partial charge is 0.350 e. The summed E-state index contributed by atoms with van der Waals surface area (Å²) in [6.45, 7) is 2.72. The molecule has 0 spiro atoms. The fourth-order valence-electron chi connectivity index (χ4n) is 1.97. The second-order valence-corrected chi connectivity index (χ2v) is 7.90. The minimum absolute atomic E-state index is 0.0379. The smallest absolute Gasteiger partial charge is 0.221 e. The second kappa shape index (κ2) is 5.98. The molecule has 0 aromatic carbocycles. The van der Waals surface area contributed by atoms with Gasteiger partial charge >= 0.3 is 0 Å². The van der Waals surface area contributed by atoms with Crippen LogP contribution in [0, 0.1) is 6.92 Å². The van der Waals surface area contributed by atoms with E-state index in [0.717, 1.165) is 10.7 Å². The van der Waals surface area contributed by atoms with Crippen LogP contribution in [0.1, 0.15) is 17.1 Å². The van der Waals surface area contributed by atoms with Gasteiger partial charge in [-0.15, -0.1) is 11.3 Å². The van der Waals surface area contributed by atoms with Gasteiger partial charge in [0.2, 0.25) is 5.91 Å². The summed E-state index contributed by atoms with van der Waals surface area (Å²) in [5.74, 6) is 0.0414. The van der Waals surface area contributed by atoms with Gasteiger partial charge in [0, 0.05) is 24.4 Å². The maximum atomic E-state index is 11.7. The predicted octanol–water partition coefficient (Wildman–Crippen LogP) is -0.156. The summed E-state index contributed by atoms with van der Waals surface area (Å²) in [4.78, 5) is 16.0. The highest BCUT2D eigenvalue weighted by Gasteiger charge is 2.25. The van der Waals surface area contributed by atoms with E-state index in [9.17, 15) is 13.2 Å². The molecular formula is C11H17N3O3S2. The summed E-state index contributed by atoms with van der Waals surface area (Å²) in [7, 11) is -2.99. The summed E-state index contributed by atoms with van der Waals surface area (Å²) >= 11 is 1.54. The summed E-state index contributed by atoms with van der Waals surface area (Å²) in [5.41, 5.74) is 0.833. The maximum absolute atomic E-state index is 11.7. The van der Waals surface area contributed by atoms with Crippen molar-refractivity contribution in [1.29, 1.82) is 0 Å². The van der Waals surface area contributed by atoms with Crippen LogP contribution in [0.15, 0.2) is 5.38 Å².